The van der Waals surface area contributed by atoms with E-state index in [4.69, 9.17) is 10.8 Å². The van der Waals surface area contributed by atoms with Gasteiger partial charge in [-0.25, -0.2) is 0 Å². The third kappa shape index (κ3) is 5.17. The van der Waals surface area contributed by atoms with E-state index >= 15 is 0 Å². The Morgan fingerprint density at radius 3 is 2.00 bits per heavy atom. The fourth-order valence-corrected chi connectivity index (χ4v) is 2.66. The number of nitrogens with two attached hydrogens (primary N) is 1. The Hall–Kier alpha value is -0.420. The Balaban J connectivity index is 4.77. The third-order valence-electron chi connectivity index (χ3n) is 2.79. The Kier molecular flexibility index (Phi) is 4.94. The van der Waals surface area contributed by atoms with E-state index in [-0.39, 0.29) is 12.8 Å². The van der Waals surface area contributed by atoms with Crippen molar-refractivity contribution in [1.82, 2.24) is 0 Å². The number of hydrogen-bond acceptors (Lipinski definition) is 3. The molecule has 0 aromatic carbocycles. The number of carboxylic acids is 1. The zero-order valence-electron chi connectivity index (χ0n) is 10.7. The second-order valence-corrected chi connectivity index (χ2v) is 8.15. The first kappa shape index (κ1) is 16.6. The summed E-state index contributed by atoms with van der Waals surface area (Å²) in [4.78, 5) is 29.1. The summed E-state index contributed by atoms with van der Waals surface area (Å²) < 4.78 is 11.3. The largest absolute Gasteiger partial charge is 0.480 e. The van der Waals surface area contributed by atoms with Crippen molar-refractivity contribution < 1.29 is 24.3 Å². The maximum atomic E-state index is 11.3. The van der Waals surface area contributed by atoms with Gasteiger partial charge < -0.3 is 20.6 Å². The molecule has 0 aromatic rings. The standard InChI is InChI=1S/C10H22NO5P/c1-9(2,5-7(11)8(12)13)6-10(3,4)17(14,15)16/h7H,5-6,11H2,1-4H3,(H,12,13)(H2,14,15,16). The normalized spacial score (nSPS) is 15.7. The molecule has 0 rings (SSSR count). The quantitative estimate of drug-likeness (QED) is 0.536. The van der Waals surface area contributed by atoms with Crippen LogP contribution in [-0.2, 0) is 9.36 Å². The van der Waals surface area contributed by atoms with Crippen LogP contribution in [-0.4, -0.2) is 32.1 Å². The summed E-state index contributed by atoms with van der Waals surface area (Å²) in [6.07, 6.45) is 0.372. The number of aliphatic carboxylic acids is 1. The van der Waals surface area contributed by atoms with Crippen molar-refractivity contribution in [2.45, 2.75) is 51.7 Å². The Bertz CT molecular complexity index is 334. The van der Waals surface area contributed by atoms with Gasteiger partial charge in [0.05, 0.1) is 5.16 Å². The van der Waals surface area contributed by atoms with E-state index in [1.165, 1.54) is 13.8 Å². The minimum absolute atomic E-state index is 0.172. The van der Waals surface area contributed by atoms with E-state index in [0.717, 1.165) is 0 Å². The molecular formula is C10H22NO5P. The molecule has 5 N–H and O–H groups in total. The number of carbonyl (C=O) groups is 1. The van der Waals surface area contributed by atoms with Crippen LogP contribution in [0.15, 0.2) is 0 Å². The first-order chi connectivity index (χ1) is 7.28. The topological polar surface area (TPSA) is 121 Å². The van der Waals surface area contributed by atoms with Gasteiger partial charge in [0.15, 0.2) is 0 Å². The summed E-state index contributed by atoms with van der Waals surface area (Å²) in [6.45, 7) is 6.46. The maximum Gasteiger partial charge on any atom is 0.331 e. The van der Waals surface area contributed by atoms with Crippen molar-refractivity contribution in [3.05, 3.63) is 0 Å². The lowest BCUT2D eigenvalue weighted by Gasteiger charge is -2.36. The fraction of sp³-hybridized carbons (Fsp3) is 0.900. The van der Waals surface area contributed by atoms with Crippen molar-refractivity contribution in [1.29, 1.82) is 0 Å². The molecule has 1 unspecified atom stereocenters. The molecular weight excluding hydrogens is 245 g/mol. The number of hydrogen-bond donors (Lipinski definition) is 4. The van der Waals surface area contributed by atoms with Crippen molar-refractivity contribution in [2.75, 3.05) is 0 Å². The highest BCUT2D eigenvalue weighted by Crippen LogP contribution is 2.55. The molecule has 17 heavy (non-hydrogen) atoms. The molecule has 0 radical (unpaired) electrons. The lowest BCUT2D eigenvalue weighted by Crippen LogP contribution is -2.38. The predicted octanol–water partition coefficient (Wildman–Crippen LogP) is 1.16. The van der Waals surface area contributed by atoms with Gasteiger partial charge in [-0.3, -0.25) is 9.36 Å². The summed E-state index contributed by atoms with van der Waals surface area (Å²) in [5.41, 5.74) is 4.88. The molecule has 0 aliphatic heterocycles. The van der Waals surface area contributed by atoms with Crippen molar-refractivity contribution >= 4 is 13.6 Å². The molecule has 0 amide bonds. The van der Waals surface area contributed by atoms with Crippen molar-refractivity contribution in [3.63, 3.8) is 0 Å². The fourth-order valence-electron chi connectivity index (χ4n) is 2.03. The first-order valence-electron chi connectivity index (χ1n) is 5.32. The Morgan fingerprint density at radius 2 is 1.71 bits per heavy atom. The molecule has 0 spiro atoms. The van der Waals surface area contributed by atoms with Gasteiger partial charge in [-0.2, -0.15) is 0 Å². The zero-order valence-corrected chi connectivity index (χ0v) is 11.6. The highest BCUT2D eigenvalue weighted by molar-refractivity contribution is 7.53. The Morgan fingerprint density at radius 1 is 1.29 bits per heavy atom. The van der Waals surface area contributed by atoms with Gasteiger partial charge in [-0.05, 0) is 32.1 Å². The highest BCUT2D eigenvalue weighted by Gasteiger charge is 2.42. The smallest absolute Gasteiger partial charge is 0.331 e. The van der Waals surface area contributed by atoms with Gasteiger partial charge in [-0.1, -0.05) is 13.8 Å². The lowest BCUT2D eigenvalue weighted by molar-refractivity contribution is -0.139. The molecule has 102 valence electrons. The van der Waals surface area contributed by atoms with Gasteiger partial charge >= 0.3 is 13.6 Å². The summed E-state index contributed by atoms with van der Waals surface area (Å²) in [7, 11) is -4.22. The van der Waals surface area contributed by atoms with Crippen molar-refractivity contribution in [2.24, 2.45) is 11.1 Å². The van der Waals surface area contributed by atoms with Crippen LogP contribution in [0, 0.1) is 5.41 Å². The molecule has 1 atom stereocenters. The van der Waals surface area contributed by atoms with Crippen LogP contribution in [0.2, 0.25) is 0 Å². The summed E-state index contributed by atoms with van der Waals surface area (Å²) in [6, 6.07) is -1.02. The van der Waals surface area contributed by atoms with E-state index < -0.39 is 30.2 Å². The monoisotopic (exact) mass is 267 g/mol. The third-order valence-corrected chi connectivity index (χ3v) is 4.52. The van der Waals surface area contributed by atoms with Gasteiger partial charge in [-0.15, -0.1) is 0 Å². The van der Waals surface area contributed by atoms with E-state index in [2.05, 4.69) is 0 Å². The van der Waals surface area contributed by atoms with Gasteiger partial charge in [0.1, 0.15) is 6.04 Å². The minimum Gasteiger partial charge on any atom is -0.480 e. The van der Waals surface area contributed by atoms with Crippen LogP contribution < -0.4 is 5.73 Å². The average molecular weight is 267 g/mol. The van der Waals surface area contributed by atoms with Crippen LogP contribution in [0.25, 0.3) is 0 Å². The van der Waals surface area contributed by atoms with Gasteiger partial charge in [0.2, 0.25) is 0 Å². The van der Waals surface area contributed by atoms with E-state index in [1.807, 2.05) is 0 Å². The molecule has 0 saturated heterocycles. The summed E-state index contributed by atoms with van der Waals surface area (Å²) in [5, 5.41) is 7.54. The average Bonchev–Trinajstić information content (AvgIpc) is 1.97. The van der Waals surface area contributed by atoms with E-state index in [1.54, 1.807) is 13.8 Å². The second-order valence-electron chi connectivity index (χ2n) is 5.85. The Labute approximate surface area is 101 Å². The molecule has 0 fully saturated rings. The van der Waals surface area contributed by atoms with E-state index in [0.29, 0.717) is 0 Å². The van der Waals surface area contributed by atoms with Crippen LogP contribution in [0.4, 0.5) is 0 Å². The van der Waals surface area contributed by atoms with Crippen LogP contribution in [0.1, 0.15) is 40.5 Å². The molecule has 0 aromatic heterocycles. The second kappa shape index (κ2) is 5.06. The molecule has 0 aliphatic carbocycles. The van der Waals surface area contributed by atoms with Crippen LogP contribution >= 0.6 is 7.60 Å². The molecule has 7 heteroatoms. The molecule has 0 saturated carbocycles. The zero-order chi connectivity index (χ0) is 14.1. The highest BCUT2D eigenvalue weighted by atomic mass is 31.2. The summed E-state index contributed by atoms with van der Waals surface area (Å²) >= 11 is 0. The SMILES string of the molecule is CC(C)(CC(N)C(=O)O)CC(C)(C)P(=O)(O)O. The number of carboxylic acid groups (broad SMARTS) is 1. The van der Waals surface area contributed by atoms with Crippen LogP contribution in [0.5, 0.6) is 0 Å². The first-order valence-corrected chi connectivity index (χ1v) is 6.94. The maximum absolute atomic E-state index is 11.3. The number of rotatable bonds is 6. The van der Waals surface area contributed by atoms with Crippen LogP contribution in [0.3, 0.4) is 0 Å². The molecule has 6 nitrogen and oxygen atoms in total. The van der Waals surface area contributed by atoms with Gasteiger partial charge in [0.25, 0.3) is 0 Å². The molecule has 0 aliphatic rings. The van der Waals surface area contributed by atoms with Crippen molar-refractivity contribution in [3.8, 4) is 0 Å². The summed E-state index contributed by atoms with van der Waals surface area (Å²) in [5.74, 6) is -1.10. The van der Waals surface area contributed by atoms with Gasteiger partial charge in [0, 0.05) is 0 Å². The lowest BCUT2D eigenvalue weighted by atomic mass is 9.78. The molecule has 0 heterocycles. The predicted molar refractivity (Wildman–Crippen MR) is 64.7 cm³/mol. The minimum atomic E-state index is -4.22. The van der Waals surface area contributed by atoms with E-state index in [9.17, 15) is 19.1 Å². The molecule has 0 bridgehead atoms.